The Labute approximate surface area is 100 Å². The molecule has 0 radical (unpaired) electrons. The van der Waals surface area contributed by atoms with Crippen molar-refractivity contribution in [3.05, 3.63) is 0 Å². The van der Waals surface area contributed by atoms with E-state index >= 15 is 0 Å². The fourth-order valence-corrected chi connectivity index (χ4v) is 1.15. The van der Waals surface area contributed by atoms with Crippen LogP contribution in [0.5, 0.6) is 0 Å². The average Bonchev–Trinajstić information content (AvgIpc) is 2.31. The first-order chi connectivity index (χ1) is 7.70. The number of rotatable bonds is 11. The van der Waals surface area contributed by atoms with Gasteiger partial charge in [-0.3, -0.25) is 0 Å². The van der Waals surface area contributed by atoms with E-state index in [0.717, 1.165) is 39.1 Å². The maximum atomic E-state index is 9.24. The minimum atomic E-state index is -0.304. The van der Waals surface area contributed by atoms with Gasteiger partial charge in [0.25, 0.3) is 0 Å². The van der Waals surface area contributed by atoms with E-state index in [4.69, 9.17) is 9.47 Å². The maximum Gasteiger partial charge on any atom is 0.0771 e. The Hall–Kier alpha value is -0.120. The average molecular weight is 232 g/mol. The van der Waals surface area contributed by atoms with Gasteiger partial charge in [0.05, 0.1) is 12.7 Å². The summed E-state index contributed by atoms with van der Waals surface area (Å²) >= 11 is 0. The van der Waals surface area contributed by atoms with Gasteiger partial charge in [-0.2, -0.15) is 0 Å². The molecule has 0 aliphatic heterocycles. The molecular formula is C13H28O3. The van der Waals surface area contributed by atoms with Crippen LogP contribution in [0.1, 0.15) is 46.5 Å². The van der Waals surface area contributed by atoms with Crippen LogP contribution in [0.15, 0.2) is 0 Å². The van der Waals surface area contributed by atoms with Gasteiger partial charge in [-0.1, -0.05) is 27.2 Å². The van der Waals surface area contributed by atoms with Crippen LogP contribution in [0.2, 0.25) is 0 Å². The molecular weight excluding hydrogens is 204 g/mol. The molecule has 0 aliphatic carbocycles. The molecule has 0 heterocycles. The third-order valence-electron chi connectivity index (χ3n) is 2.71. The van der Waals surface area contributed by atoms with E-state index in [-0.39, 0.29) is 6.10 Å². The zero-order valence-electron chi connectivity index (χ0n) is 11.1. The summed E-state index contributed by atoms with van der Waals surface area (Å²) in [5, 5.41) is 9.24. The number of hydrogen-bond donors (Lipinski definition) is 1. The van der Waals surface area contributed by atoms with E-state index in [2.05, 4.69) is 13.8 Å². The highest BCUT2D eigenvalue weighted by Gasteiger charge is 2.00. The van der Waals surface area contributed by atoms with Gasteiger partial charge in [-0.05, 0) is 25.2 Å². The third-order valence-corrected chi connectivity index (χ3v) is 2.71. The standard InChI is InChI=1S/C13H28O3/c1-4-12(3)10-15-8-6-7-9-16-11-13(14)5-2/h12-14H,4-11H2,1-3H3. The number of ether oxygens (including phenoxy) is 2. The lowest BCUT2D eigenvalue weighted by Crippen LogP contribution is -2.14. The Balaban J connectivity index is 3.04. The molecule has 3 nitrogen and oxygen atoms in total. The molecule has 0 amide bonds. The van der Waals surface area contributed by atoms with Crippen molar-refractivity contribution in [2.75, 3.05) is 26.4 Å². The second-order valence-electron chi connectivity index (χ2n) is 4.43. The lowest BCUT2D eigenvalue weighted by molar-refractivity contribution is 0.0296. The normalized spacial score (nSPS) is 15.0. The van der Waals surface area contributed by atoms with E-state index in [0.29, 0.717) is 12.5 Å². The lowest BCUT2D eigenvalue weighted by Gasteiger charge is -2.10. The number of aliphatic hydroxyl groups is 1. The summed E-state index contributed by atoms with van der Waals surface area (Å²) in [6.45, 7) is 9.22. The Bertz CT molecular complexity index is 123. The van der Waals surface area contributed by atoms with E-state index in [1.807, 2.05) is 6.92 Å². The molecule has 3 heteroatoms. The summed E-state index contributed by atoms with van der Waals surface area (Å²) in [6.07, 6.45) is 3.69. The highest BCUT2D eigenvalue weighted by Crippen LogP contribution is 2.01. The molecule has 0 aromatic rings. The first kappa shape index (κ1) is 15.9. The van der Waals surface area contributed by atoms with Crippen molar-refractivity contribution in [2.45, 2.75) is 52.6 Å². The molecule has 0 saturated heterocycles. The summed E-state index contributed by atoms with van der Waals surface area (Å²) in [5.41, 5.74) is 0. The van der Waals surface area contributed by atoms with E-state index in [1.165, 1.54) is 6.42 Å². The van der Waals surface area contributed by atoms with Crippen molar-refractivity contribution < 1.29 is 14.6 Å². The summed E-state index contributed by atoms with van der Waals surface area (Å²) in [7, 11) is 0. The van der Waals surface area contributed by atoms with E-state index in [1.54, 1.807) is 0 Å². The molecule has 98 valence electrons. The first-order valence-electron chi connectivity index (χ1n) is 6.54. The van der Waals surface area contributed by atoms with Crippen LogP contribution in [0, 0.1) is 5.92 Å². The molecule has 0 saturated carbocycles. The van der Waals surface area contributed by atoms with Gasteiger partial charge < -0.3 is 14.6 Å². The predicted octanol–water partition coefficient (Wildman–Crippen LogP) is 2.62. The monoisotopic (exact) mass is 232 g/mol. The van der Waals surface area contributed by atoms with Gasteiger partial charge in [0.2, 0.25) is 0 Å². The molecule has 2 atom stereocenters. The fourth-order valence-electron chi connectivity index (χ4n) is 1.15. The fraction of sp³-hybridized carbons (Fsp3) is 1.00. The zero-order chi connectivity index (χ0) is 12.2. The smallest absolute Gasteiger partial charge is 0.0771 e. The van der Waals surface area contributed by atoms with Crippen molar-refractivity contribution in [3.63, 3.8) is 0 Å². The Morgan fingerprint density at radius 1 is 0.938 bits per heavy atom. The molecule has 1 N–H and O–H groups in total. The van der Waals surface area contributed by atoms with Crippen molar-refractivity contribution in [1.29, 1.82) is 0 Å². The summed E-state index contributed by atoms with van der Waals surface area (Å²) < 4.78 is 10.9. The number of aliphatic hydroxyl groups excluding tert-OH is 1. The van der Waals surface area contributed by atoms with Crippen molar-refractivity contribution >= 4 is 0 Å². The molecule has 2 unspecified atom stereocenters. The van der Waals surface area contributed by atoms with E-state index in [9.17, 15) is 5.11 Å². The highest BCUT2D eigenvalue weighted by molar-refractivity contribution is 4.49. The molecule has 0 rings (SSSR count). The van der Waals surface area contributed by atoms with Crippen molar-refractivity contribution in [1.82, 2.24) is 0 Å². The molecule has 0 aromatic heterocycles. The molecule has 0 aromatic carbocycles. The summed E-state index contributed by atoms with van der Waals surface area (Å²) in [5.74, 6) is 0.663. The highest BCUT2D eigenvalue weighted by atomic mass is 16.5. The molecule has 0 aliphatic rings. The quantitative estimate of drug-likeness (QED) is 0.557. The van der Waals surface area contributed by atoms with Crippen molar-refractivity contribution in [2.24, 2.45) is 5.92 Å². The Morgan fingerprint density at radius 2 is 1.50 bits per heavy atom. The van der Waals surface area contributed by atoms with E-state index < -0.39 is 0 Å². The van der Waals surface area contributed by atoms with Crippen molar-refractivity contribution in [3.8, 4) is 0 Å². The zero-order valence-corrected chi connectivity index (χ0v) is 11.1. The Kier molecular flexibility index (Phi) is 11.3. The van der Waals surface area contributed by atoms with Crippen LogP contribution in [0.4, 0.5) is 0 Å². The topological polar surface area (TPSA) is 38.7 Å². The lowest BCUT2D eigenvalue weighted by atomic mass is 10.1. The van der Waals surface area contributed by atoms with Crippen LogP contribution >= 0.6 is 0 Å². The predicted molar refractivity (Wildman–Crippen MR) is 66.6 cm³/mol. The minimum Gasteiger partial charge on any atom is -0.391 e. The summed E-state index contributed by atoms with van der Waals surface area (Å²) in [4.78, 5) is 0. The third kappa shape index (κ3) is 10.4. The Morgan fingerprint density at radius 3 is 2.00 bits per heavy atom. The molecule has 16 heavy (non-hydrogen) atoms. The van der Waals surface area contributed by atoms with Gasteiger partial charge in [0.1, 0.15) is 0 Å². The van der Waals surface area contributed by atoms with Gasteiger partial charge >= 0.3 is 0 Å². The van der Waals surface area contributed by atoms with Crippen LogP contribution in [0.3, 0.4) is 0 Å². The number of unbranched alkanes of at least 4 members (excludes halogenated alkanes) is 1. The minimum absolute atomic E-state index is 0.304. The van der Waals surface area contributed by atoms with Gasteiger partial charge in [-0.25, -0.2) is 0 Å². The van der Waals surface area contributed by atoms with Crippen LogP contribution < -0.4 is 0 Å². The largest absolute Gasteiger partial charge is 0.391 e. The van der Waals surface area contributed by atoms with Gasteiger partial charge in [0, 0.05) is 19.8 Å². The second kappa shape index (κ2) is 11.4. The van der Waals surface area contributed by atoms with Crippen LogP contribution in [0.25, 0.3) is 0 Å². The van der Waals surface area contributed by atoms with Crippen LogP contribution in [-0.4, -0.2) is 37.6 Å². The maximum absolute atomic E-state index is 9.24. The molecule has 0 spiro atoms. The second-order valence-corrected chi connectivity index (χ2v) is 4.43. The molecule has 0 bridgehead atoms. The van der Waals surface area contributed by atoms with Crippen LogP contribution in [-0.2, 0) is 9.47 Å². The first-order valence-corrected chi connectivity index (χ1v) is 6.54. The van der Waals surface area contributed by atoms with Gasteiger partial charge in [0.15, 0.2) is 0 Å². The SMILES string of the molecule is CCC(C)COCCCCOCC(O)CC. The molecule has 0 fully saturated rings. The number of hydrogen-bond acceptors (Lipinski definition) is 3. The summed E-state index contributed by atoms with van der Waals surface area (Å²) in [6, 6.07) is 0. The van der Waals surface area contributed by atoms with Gasteiger partial charge in [-0.15, -0.1) is 0 Å².